The maximum Gasteiger partial charge on any atom is 0.416 e. The zero-order valence-corrected chi connectivity index (χ0v) is 19.8. The van der Waals surface area contributed by atoms with E-state index in [9.17, 15) is 27.9 Å². The van der Waals surface area contributed by atoms with Crippen LogP contribution in [-0.4, -0.2) is 69.5 Å². The summed E-state index contributed by atoms with van der Waals surface area (Å²) in [7, 11) is 0. The maximum absolute atomic E-state index is 13.7. The van der Waals surface area contributed by atoms with E-state index in [-0.39, 0.29) is 34.5 Å². The Morgan fingerprint density at radius 3 is 2.44 bits per heavy atom. The van der Waals surface area contributed by atoms with Crippen molar-refractivity contribution in [3.8, 4) is 0 Å². The van der Waals surface area contributed by atoms with Crippen LogP contribution in [0.25, 0.3) is 0 Å². The first kappa shape index (κ1) is 25.9. The Labute approximate surface area is 208 Å². The summed E-state index contributed by atoms with van der Waals surface area (Å²) < 4.78 is 41.2. The number of amidine groups is 1. The van der Waals surface area contributed by atoms with Crippen molar-refractivity contribution >= 4 is 29.4 Å². The van der Waals surface area contributed by atoms with E-state index in [0.29, 0.717) is 26.2 Å². The van der Waals surface area contributed by atoms with E-state index < -0.39 is 35.1 Å². The molecule has 2 fully saturated rings. The number of carboxylic acid groups (broad SMARTS) is 1. The van der Waals surface area contributed by atoms with E-state index in [1.807, 2.05) is 10.3 Å². The van der Waals surface area contributed by atoms with Gasteiger partial charge in [-0.15, -0.1) is 0 Å². The number of likely N-dealkylation sites (tertiary alicyclic amines) is 2. The number of rotatable bonds is 5. The van der Waals surface area contributed by atoms with Crippen LogP contribution in [0.15, 0.2) is 34.7 Å². The Morgan fingerprint density at radius 1 is 1.28 bits per heavy atom. The third-order valence-electron chi connectivity index (χ3n) is 6.80. The molecular weight excluding hydrogens is 505 g/mol. The van der Waals surface area contributed by atoms with Crippen molar-refractivity contribution in [3.05, 3.63) is 46.1 Å². The third-order valence-corrected chi connectivity index (χ3v) is 7.27. The number of carboxylic acids is 1. The second-order valence-corrected chi connectivity index (χ2v) is 9.67. The molecule has 0 aromatic heterocycles. The molecule has 36 heavy (non-hydrogen) atoms. The normalized spacial score (nSPS) is 26.1. The Hall–Kier alpha value is -3.23. The molecule has 3 aliphatic heterocycles. The van der Waals surface area contributed by atoms with Crippen LogP contribution in [0.2, 0.25) is 0 Å². The van der Waals surface area contributed by atoms with Gasteiger partial charge in [0.1, 0.15) is 5.84 Å². The van der Waals surface area contributed by atoms with Gasteiger partial charge in [0.2, 0.25) is 0 Å². The summed E-state index contributed by atoms with van der Waals surface area (Å²) in [5.74, 6) is -1.51. The molecule has 2 amide bonds. The molecule has 4 rings (SSSR count). The molecule has 3 atom stereocenters. The van der Waals surface area contributed by atoms with Crippen molar-refractivity contribution in [2.24, 2.45) is 17.1 Å². The second-order valence-electron chi connectivity index (χ2n) is 9.26. The zero-order chi connectivity index (χ0) is 26.4. The van der Waals surface area contributed by atoms with Crippen LogP contribution in [0.3, 0.4) is 0 Å². The fourth-order valence-electron chi connectivity index (χ4n) is 4.85. The minimum Gasteiger partial charge on any atom is -0.480 e. The van der Waals surface area contributed by atoms with Crippen molar-refractivity contribution < 1.29 is 27.9 Å². The number of nitrogens with zero attached hydrogens (tertiary/aromatic N) is 4. The highest BCUT2D eigenvalue weighted by Crippen LogP contribution is 2.37. The first-order chi connectivity index (χ1) is 16.8. The molecule has 15 heteroatoms. The molecule has 3 unspecified atom stereocenters. The average Bonchev–Trinajstić information content (AvgIpc) is 3.45. The van der Waals surface area contributed by atoms with Crippen LogP contribution in [0.4, 0.5) is 18.0 Å². The number of nitrogens with one attached hydrogen (secondary N) is 4. The molecule has 1 aromatic carbocycles. The predicted octanol–water partition coefficient (Wildman–Crippen LogP) is 2.79. The molecule has 3 aliphatic rings. The average molecular weight is 529 g/mol. The molecule has 0 aliphatic carbocycles. The lowest BCUT2D eigenvalue weighted by atomic mass is 10.0. The van der Waals surface area contributed by atoms with Gasteiger partial charge in [-0.25, -0.2) is 25.4 Å². The molecule has 11 nitrogen and oxygen atoms in total. The van der Waals surface area contributed by atoms with Crippen LogP contribution in [0.5, 0.6) is 0 Å². The summed E-state index contributed by atoms with van der Waals surface area (Å²) in [6.07, 6.45) is -3.38. The largest absolute Gasteiger partial charge is 0.480 e. The van der Waals surface area contributed by atoms with Gasteiger partial charge in [-0.05, 0) is 30.4 Å². The van der Waals surface area contributed by atoms with Crippen LogP contribution in [0, 0.1) is 22.8 Å². The van der Waals surface area contributed by atoms with Gasteiger partial charge < -0.3 is 10.0 Å². The SMILES string of the molecule is CC1(C(=O)O)NN(C(=O)N2CC3CN(Cc4ccc(C(=N)NN=N)cc4C(F)(F)F)CC3C2)C=C1Cl. The highest BCUT2D eigenvalue weighted by molar-refractivity contribution is 6.33. The third kappa shape index (κ3) is 4.75. The minimum atomic E-state index is -4.62. The van der Waals surface area contributed by atoms with E-state index in [0.717, 1.165) is 11.1 Å². The predicted molar refractivity (Wildman–Crippen MR) is 121 cm³/mol. The molecule has 0 bridgehead atoms. The molecule has 194 valence electrons. The molecule has 3 heterocycles. The van der Waals surface area contributed by atoms with Crippen molar-refractivity contribution in [1.29, 1.82) is 10.9 Å². The number of alkyl halides is 3. The smallest absolute Gasteiger partial charge is 0.416 e. The summed E-state index contributed by atoms with van der Waals surface area (Å²) in [6.45, 7) is 3.18. The number of hydrazine groups is 1. The number of hydrogen-bond acceptors (Lipinski definition) is 7. The standard InChI is InChI=1S/C21H24ClF3N8O3/c1-20(18(34)35)16(22)10-33(29-20)19(36)32-8-13-6-31(7-14(13)9-32)5-12-3-2-11(17(26)28-30-27)4-15(12)21(23,24)25/h2-4,10,13-14,29H,5-9H2,1H3,(H,34,35)(H3,26,27,28). The van der Waals surface area contributed by atoms with Crippen LogP contribution >= 0.6 is 11.6 Å². The molecule has 2 saturated heterocycles. The summed E-state index contributed by atoms with van der Waals surface area (Å²) in [5, 5.41) is 20.9. The summed E-state index contributed by atoms with van der Waals surface area (Å²) >= 11 is 6.03. The van der Waals surface area contributed by atoms with Gasteiger partial charge in [0.15, 0.2) is 5.54 Å². The van der Waals surface area contributed by atoms with Crippen molar-refractivity contribution in [2.75, 3.05) is 26.2 Å². The van der Waals surface area contributed by atoms with Crippen LogP contribution in [0.1, 0.15) is 23.6 Å². The van der Waals surface area contributed by atoms with E-state index >= 15 is 0 Å². The van der Waals surface area contributed by atoms with Gasteiger partial charge in [0.05, 0.1) is 10.6 Å². The first-order valence-electron chi connectivity index (χ1n) is 10.9. The molecule has 0 spiro atoms. The maximum atomic E-state index is 13.7. The zero-order valence-electron chi connectivity index (χ0n) is 19.1. The Morgan fingerprint density at radius 2 is 1.92 bits per heavy atom. The summed E-state index contributed by atoms with van der Waals surface area (Å²) in [4.78, 5) is 27.9. The van der Waals surface area contributed by atoms with Gasteiger partial charge in [-0.2, -0.15) is 18.7 Å². The highest BCUT2D eigenvalue weighted by atomic mass is 35.5. The van der Waals surface area contributed by atoms with Gasteiger partial charge in [0.25, 0.3) is 0 Å². The topological polar surface area (TPSA) is 148 Å². The quantitative estimate of drug-likeness (QED) is 0.172. The van der Waals surface area contributed by atoms with Gasteiger partial charge in [-0.3, -0.25) is 10.3 Å². The molecule has 0 radical (unpaired) electrons. The highest BCUT2D eigenvalue weighted by Gasteiger charge is 2.48. The van der Waals surface area contributed by atoms with E-state index in [1.54, 1.807) is 4.90 Å². The molecule has 5 N–H and O–H groups in total. The number of benzene rings is 1. The number of carbonyl (C=O) groups is 2. The number of amides is 2. The van der Waals surface area contributed by atoms with E-state index in [1.165, 1.54) is 25.3 Å². The monoisotopic (exact) mass is 528 g/mol. The molecule has 1 aromatic rings. The number of fused-ring (bicyclic) bond motifs is 1. The van der Waals surface area contributed by atoms with Gasteiger partial charge >= 0.3 is 18.2 Å². The fourth-order valence-corrected chi connectivity index (χ4v) is 5.07. The number of urea groups is 1. The summed E-state index contributed by atoms with van der Waals surface area (Å²) in [5.41, 5.74) is 8.95. The van der Waals surface area contributed by atoms with Crippen molar-refractivity contribution in [1.82, 2.24) is 25.7 Å². The van der Waals surface area contributed by atoms with Crippen LogP contribution in [-0.2, 0) is 17.5 Å². The lowest BCUT2D eigenvalue weighted by molar-refractivity contribution is -0.143. The Balaban J connectivity index is 1.40. The van der Waals surface area contributed by atoms with Gasteiger partial charge in [0, 0.05) is 44.5 Å². The molecule has 0 saturated carbocycles. The summed E-state index contributed by atoms with van der Waals surface area (Å²) in [6, 6.07) is 3.15. The lowest BCUT2D eigenvalue weighted by Gasteiger charge is -2.28. The van der Waals surface area contributed by atoms with Crippen molar-refractivity contribution in [2.45, 2.75) is 25.2 Å². The minimum absolute atomic E-state index is 0.0274. The fraction of sp³-hybridized carbons (Fsp3) is 0.476. The number of halogens is 4. The van der Waals surface area contributed by atoms with Crippen LogP contribution < -0.4 is 10.9 Å². The number of hydrogen-bond donors (Lipinski definition) is 5. The number of aliphatic carboxylic acids is 1. The second kappa shape index (κ2) is 9.33. The van der Waals surface area contributed by atoms with Crippen molar-refractivity contribution in [3.63, 3.8) is 0 Å². The van der Waals surface area contributed by atoms with Gasteiger partial charge in [-0.1, -0.05) is 29.0 Å². The molecular formula is C21H24ClF3N8O3. The lowest BCUT2D eigenvalue weighted by Crippen LogP contribution is -2.55. The number of carbonyl (C=O) groups excluding carboxylic acids is 1. The Bertz CT molecular complexity index is 1130. The van der Waals surface area contributed by atoms with E-state index in [2.05, 4.69) is 10.6 Å². The Kier molecular flexibility index (Phi) is 6.70. The first-order valence-corrected chi connectivity index (χ1v) is 11.3. The van der Waals surface area contributed by atoms with E-state index in [4.69, 9.17) is 22.5 Å².